The van der Waals surface area contributed by atoms with Gasteiger partial charge >= 0.3 is 0 Å². The molecule has 0 amide bonds. The third-order valence-corrected chi connectivity index (χ3v) is 6.71. The van der Waals surface area contributed by atoms with Crippen LogP contribution in [0.15, 0.2) is 42.5 Å². The summed E-state index contributed by atoms with van der Waals surface area (Å²) in [6, 6.07) is 12.5. The molecular weight excluding hydrogens is 407 g/mol. The van der Waals surface area contributed by atoms with Crippen molar-refractivity contribution < 1.29 is 22.3 Å². The molecule has 1 fully saturated rings. The van der Waals surface area contributed by atoms with Gasteiger partial charge in [-0.2, -0.15) is 0 Å². The van der Waals surface area contributed by atoms with Crippen LogP contribution in [0.3, 0.4) is 0 Å². The maximum atomic E-state index is 14.6. The molecule has 1 heterocycles. The number of methoxy groups -OCH3 is 1. The fourth-order valence-corrected chi connectivity index (χ4v) is 4.90. The number of hydrogen-bond acceptors (Lipinski definition) is 5. The van der Waals surface area contributed by atoms with Crippen molar-refractivity contribution in [1.82, 2.24) is 9.62 Å². The molecule has 162 valence electrons. The van der Waals surface area contributed by atoms with Gasteiger partial charge in [0.1, 0.15) is 5.82 Å². The standard InChI is InChI=1S/C22H27FN2O4S/c1-16-10-19(18-6-4-3-5-7-18)11-20(22(16)23)21(26)12-24-30(27,28)15-17-13-25(14-17)8-9-29-2/h3-7,10-11,17,24H,8-9,12-15H2,1-2H3. The van der Waals surface area contributed by atoms with Gasteiger partial charge in [-0.05, 0) is 41.7 Å². The molecule has 0 aliphatic carbocycles. The Bertz CT molecular complexity index is 990. The van der Waals surface area contributed by atoms with E-state index >= 15 is 0 Å². The number of likely N-dealkylation sites (tertiary alicyclic amines) is 1. The van der Waals surface area contributed by atoms with E-state index in [9.17, 15) is 17.6 Å². The predicted molar refractivity (Wildman–Crippen MR) is 114 cm³/mol. The number of aryl methyl sites for hydroxylation is 1. The predicted octanol–water partition coefficient (Wildman–Crippen LogP) is 2.48. The Labute approximate surface area is 177 Å². The molecule has 1 N–H and O–H groups in total. The Morgan fingerprint density at radius 3 is 2.57 bits per heavy atom. The average Bonchev–Trinajstić information content (AvgIpc) is 2.70. The molecule has 2 aromatic rings. The summed E-state index contributed by atoms with van der Waals surface area (Å²) in [5.41, 5.74) is 1.81. The number of carbonyl (C=O) groups is 1. The van der Waals surface area contributed by atoms with Crippen LogP contribution in [-0.4, -0.2) is 64.7 Å². The summed E-state index contributed by atoms with van der Waals surface area (Å²) < 4.78 is 46.6. The highest BCUT2D eigenvalue weighted by Gasteiger charge is 2.30. The summed E-state index contributed by atoms with van der Waals surface area (Å²) in [7, 11) is -2.00. The monoisotopic (exact) mass is 434 g/mol. The fraction of sp³-hybridized carbons (Fsp3) is 0.409. The minimum atomic E-state index is -3.63. The van der Waals surface area contributed by atoms with Crippen molar-refractivity contribution in [2.45, 2.75) is 6.92 Å². The topological polar surface area (TPSA) is 75.7 Å². The van der Waals surface area contributed by atoms with Gasteiger partial charge in [0.2, 0.25) is 10.0 Å². The Kier molecular flexibility index (Phi) is 7.36. The highest BCUT2D eigenvalue weighted by molar-refractivity contribution is 7.89. The SMILES string of the molecule is COCCN1CC(CS(=O)(=O)NCC(=O)c2cc(-c3ccccc3)cc(C)c2F)C1. The van der Waals surface area contributed by atoms with Crippen LogP contribution < -0.4 is 4.72 Å². The summed E-state index contributed by atoms with van der Waals surface area (Å²) in [4.78, 5) is 14.7. The molecule has 6 nitrogen and oxygen atoms in total. The van der Waals surface area contributed by atoms with Crippen molar-refractivity contribution >= 4 is 15.8 Å². The number of carbonyl (C=O) groups excluding carboxylic acids is 1. The molecule has 0 radical (unpaired) electrons. The number of ether oxygens (including phenoxy) is 1. The van der Waals surface area contributed by atoms with Crippen LogP contribution in [0.2, 0.25) is 0 Å². The average molecular weight is 435 g/mol. The zero-order valence-corrected chi connectivity index (χ0v) is 18.0. The van der Waals surface area contributed by atoms with Crippen molar-refractivity contribution in [2.75, 3.05) is 45.6 Å². The molecule has 0 bridgehead atoms. The Balaban J connectivity index is 1.61. The molecule has 3 rings (SSSR count). The van der Waals surface area contributed by atoms with Gasteiger partial charge in [-0.3, -0.25) is 4.79 Å². The van der Waals surface area contributed by atoms with E-state index in [-0.39, 0.29) is 17.2 Å². The highest BCUT2D eigenvalue weighted by Crippen LogP contribution is 2.25. The summed E-state index contributed by atoms with van der Waals surface area (Å²) in [6.07, 6.45) is 0. The smallest absolute Gasteiger partial charge is 0.212 e. The first-order chi connectivity index (χ1) is 14.3. The third-order valence-electron chi connectivity index (χ3n) is 5.21. The minimum Gasteiger partial charge on any atom is -0.383 e. The van der Waals surface area contributed by atoms with Gasteiger partial charge < -0.3 is 9.64 Å². The van der Waals surface area contributed by atoms with Gasteiger partial charge in [0, 0.05) is 26.7 Å². The Morgan fingerprint density at radius 1 is 1.20 bits per heavy atom. The summed E-state index contributed by atoms with van der Waals surface area (Å²) in [5, 5.41) is 0. The van der Waals surface area contributed by atoms with E-state index in [1.165, 1.54) is 6.07 Å². The lowest BCUT2D eigenvalue weighted by molar-refractivity contribution is 0.0739. The number of Topliss-reactive ketones (excluding diaryl/α,β-unsaturated/α-hetero) is 1. The molecular formula is C22H27FN2O4S. The first kappa shape index (κ1) is 22.6. The van der Waals surface area contributed by atoms with E-state index in [0.29, 0.717) is 30.8 Å². The molecule has 0 atom stereocenters. The van der Waals surface area contributed by atoms with Gasteiger partial charge in [-0.15, -0.1) is 0 Å². The largest absolute Gasteiger partial charge is 0.383 e. The van der Waals surface area contributed by atoms with E-state index in [4.69, 9.17) is 4.74 Å². The lowest BCUT2D eigenvalue weighted by Gasteiger charge is -2.38. The molecule has 0 saturated carbocycles. The van der Waals surface area contributed by atoms with Crippen LogP contribution in [0.4, 0.5) is 4.39 Å². The lowest BCUT2D eigenvalue weighted by atomic mass is 9.98. The van der Waals surface area contributed by atoms with Crippen LogP contribution in [0.5, 0.6) is 0 Å². The van der Waals surface area contributed by atoms with E-state index in [1.807, 2.05) is 30.3 Å². The Morgan fingerprint density at radius 2 is 1.90 bits per heavy atom. The van der Waals surface area contributed by atoms with Crippen molar-refractivity contribution in [2.24, 2.45) is 5.92 Å². The normalized spacial score (nSPS) is 15.2. The van der Waals surface area contributed by atoms with Gasteiger partial charge in [0.05, 0.1) is 24.5 Å². The van der Waals surface area contributed by atoms with Crippen LogP contribution in [0.1, 0.15) is 15.9 Å². The zero-order valence-electron chi connectivity index (χ0n) is 17.2. The van der Waals surface area contributed by atoms with Crippen molar-refractivity contribution in [1.29, 1.82) is 0 Å². The van der Waals surface area contributed by atoms with Crippen LogP contribution in [0, 0.1) is 18.7 Å². The second-order valence-electron chi connectivity index (χ2n) is 7.66. The maximum Gasteiger partial charge on any atom is 0.212 e. The molecule has 0 unspecified atom stereocenters. The van der Waals surface area contributed by atoms with Crippen molar-refractivity contribution in [3.8, 4) is 11.1 Å². The first-order valence-corrected chi connectivity index (χ1v) is 11.5. The number of sulfonamides is 1. The van der Waals surface area contributed by atoms with Gasteiger partial charge in [-0.25, -0.2) is 17.5 Å². The van der Waals surface area contributed by atoms with Gasteiger partial charge in [-0.1, -0.05) is 30.3 Å². The summed E-state index contributed by atoms with van der Waals surface area (Å²) in [6.45, 7) is 3.89. The second kappa shape index (κ2) is 9.78. The first-order valence-electron chi connectivity index (χ1n) is 9.86. The molecule has 30 heavy (non-hydrogen) atoms. The fourth-order valence-electron chi connectivity index (χ4n) is 3.59. The van der Waals surface area contributed by atoms with Crippen LogP contribution in [-0.2, 0) is 14.8 Å². The molecule has 1 saturated heterocycles. The van der Waals surface area contributed by atoms with E-state index in [1.54, 1.807) is 20.1 Å². The van der Waals surface area contributed by atoms with Gasteiger partial charge in [0.15, 0.2) is 5.78 Å². The molecule has 8 heteroatoms. The van der Waals surface area contributed by atoms with Crippen molar-refractivity contribution in [3.63, 3.8) is 0 Å². The van der Waals surface area contributed by atoms with Crippen LogP contribution in [0.25, 0.3) is 11.1 Å². The maximum absolute atomic E-state index is 14.6. The molecule has 0 spiro atoms. The number of benzene rings is 2. The second-order valence-corrected chi connectivity index (χ2v) is 9.52. The van der Waals surface area contributed by atoms with Gasteiger partial charge in [0.25, 0.3) is 0 Å². The highest BCUT2D eigenvalue weighted by atomic mass is 32.2. The number of rotatable bonds is 10. The van der Waals surface area contributed by atoms with E-state index < -0.39 is 28.2 Å². The number of nitrogens with zero attached hydrogens (tertiary/aromatic N) is 1. The number of hydrogen-bond donors (Lipinski definition) is 1. The number of nitrogens with one attached hydrogen (secondary N) is 1. The number of ketones is 1. The lowest BCUT2D eigenvalue weighted by Crippen LogP contribution is -2.51. The molecule has 1 aliphatic rings. The number of halogens is 1. The van der Waals surface area contributed by atoms with E-state index in [2.05, 4.69) is 9.62 Å². The zero-order chi connectivity index (χ0) is 21.7. The van der Waals surface area contributed by atoms with E-state index in [0.717, 1.165) is 12.1 Å². The molecule has 1 aliphatic heterocycles. The molecule has 0 aromatic heterocycles. The third kappa shape index (κ3) is 5.72. The Hall–Kier alpha value is -2.13. The summed E-state index contributed by atoms with van der Waals surface area (Å²) >= 11 is 0. The summed E-state index contributed by atoms with van der Waals surface area (Å²) in [5.74, 6) is -1.23. The van der Waals surface area contributed by atoms with Crippen LogP contribution >= 0.6 is 0 Å². The minimum absolute atomic E-state index is 0.0230. The molecule has 2 aromatic carbocycles. The van der Waals surface area contributed by atoms with Crippen molar-refractivity contribution in [3.05, 3.63) is 59.4 Å². The quantitative estimate of drug-likeness (QED) is 0.582.